The number of benzene rings is 1. The van der Waals surface area contributed by atoms with E-state index in [0.717, 1.165) is 65.2 Å². The highest BCUT2D eigenvalue weighted by atomic mass is 35.5. The van der Waals surface area contributed by atoms with Crippen LogP contribution in [0.1, 0.15) is 43.5 Å². The van der Waals surface area contributed by atoms with Crippen LogP contribution < -0.4 is 10.2 Å². The third-order valence-electron chi connectivity index (χ3n) is 7.12. The summed E-state index contributed by atoms with van der Waals surface area (Å²) in [6, 6.07) is 8.45. The quantitative estimate of drug-likeness (QED) is 0.474. The van der Waals surface area contributed by atoms with E-state index in [1.165, 1.54) is 4.90 Å². The van der Waals surface area contributed by atoms with Crippen molar-refractivity contribution in [2.24, 2.45) is 5.92 Å². The van der Waals surface area contributed by atoms with Gasteiger partial charge in [0, 0.05) is 24.4 Å². The predicted octanol–water partition coefficient (Wildman–Crippen LogP) is 4.43. The lowest BCUT2D eigenvalue weighted by atomic mass is 9.94. The van der Waals surface area contributed by atoms with Crippen molar-refractivity contribution in [3.63, 3.8) is 0 Å². The Hall–Kier alpha value is -2.52. The molecule has 1 fully saturated rings. The molecule has 2 amide bonds. The molecule has 4 rings (SSSR count). The summed E-state index contributed by atoms with van der Waals surface area (Å²) < 4.78 is 5.87. The third kappa shape index (κ3) is 6.42. The van der Waals surface area contributed by atoms with Crippen LogP contribution in [0.3, 0.4) is 0 Å². The maximum absolute atomic E-state index is 13.6. The van der Waals surface area contributed by atoms with Crippen LogP contribution in [-0.2, 0) is 9.53 Å². The van der Waals surface area contributed by atoms with Crippen LogP contribution in [0.4, 0.5) is 17.2 Å². The molecule has 1 saturated heterocycles. The molecule has 1 aromatic heterocycles. The largest absolute Gasteiger partial charge is 0.380 e. The number of piperidine rings is 1. The Bertz CT molecular complexity index is 1050. The molecule has 0 spiro atoms. The molecule has 2 aliphatic heterocycles. The van der Waals surface area contributed by atoms with Gasteiger partial charge in [0.15, 0.2) is 5.82 Å². The van der Waals surface area contributed by atoms with Gasteiger partial charge in [-0.3, -0.25) is 19.4 Å². The monoisotopic (exact) mass is 513 g/mol. The van der Waals surface area contributed by atoms with Crippen LogP contribution in [0.2, 0.25) is 5.02 Å². The normalized spacial score (nSPS) is 16.4. The van der Waals surface area contributed by atoms with Crippen LogP contribution in [0, 0.1) is 5.92 Å². The van der Waals surface area contributed by atoms with Crippen LogP contribution in [0.5, 0.6) is 0 Å². The Kier molecular flexibility index (Phi) is 9.31. The number of rotatable bonds is 10. The number of amides is 2. The third-order valence-corrected chi connectivity index (χ3v) is 7.36. The lowest BCUT2D eigenvalue weighted by molar-refractivity contribution is -0.119. The van der Waals surface area contributed by atoms with E-state index in [4.69, 9.17) is 16.3 Å². The Morgan fingerprint density at radius 3 is 2.72 bits per heavy atom. The number of aromatic nitrogens is 1. The predicted molar refractivity (Wildman–Crippen MR) is 143 cm³/mol. The second-order valence-electron chi connectivity index (χ2n) is 9.37. The number of likely N-dealkylation sites (tertiary alicyclic amines) is 1. The molecule has 2 aliphatic rings. The van der Waals surface area contributed by atoms with E-state index in [2.05, 4.69) is 33.9 Å². The van der Waals surface area contributed by atoms with Gasteiger partial charge in [-0.05, 0) is 81.7 Å². The van der Waals surface area contributed by atoms with Crippen molar-refractivity contribution in [1.82, 2.24) is 14.8 Å². The lowest BCUT2D eigenvalue weighted by Crippen LogP contribution is -2.42. The van der Waals surface area contributed by atoms with Crippen LogP contribution >= 0.6 is 11.6 Å². The first kappa shape index (κ1) is 26.5. The van der Waals surface area contributed by atoms with Crippen LogP contribution in [0.15, 0.2) is 36.5 Å². The summed E-state index contributed by atoms with van der Waals surface area (Å²) in [6.07, 6.45) is 4.77. The molecular weight excluding hydrogens is 478 g/mol. The van der Waals surface area contributed by atoms with Crippen LogP contribution in [-0.4, -0.2) is 79.1 Å². The summed E-state index contributed by atoms with van der Waals surface area (Å²) in [5.74, 6) is 0.611. The first-order valence-corrected chi connectivity index (χ1v) is 13.3. The van der Waals surface area contributed by atoms with Gasteiger partial charge in [0.25, 0.3) is 5.91 Å². The summed E-state index contributed by atoms with van der Waals surface area (Å²) in [5, 5.41) is 3.32. The highest BCUT2D eigenvalue weighted by molar-refractivity contribution is 6.31. The van der Waals surface area contributed by atoms with Gasteiger partial charge in [0.1, 0.15) is 0 Å². The highest BCUT2D eigenvalue weighted by Crippen LogP contribution is 2.37. The van der Waals surface area contributed by atoms with E-state index >= 15 is 0 Å². The number of ether oxygens (including phenoxy) is 1. The standard InChI is InChI=1S/C27H36ClN5O3/c1-3-31(4-2)15-17-36-16-11-20-9-13-32(14-10-20)19-25(34)33-24-18-21(28)7-8-22(24)27(35)30-23-6-5-12-29-26(23)33/h5-8,12,18,20H,3-4,9-11,13-17,19H2,1-2H3,(H,30,35). The molecule has 9 heteroatoms. The van der Waals surface area contributed by atoms with E-state index in [1.807, 2.05) is 0 Å². The fraction of sp³-hybridized carbons (Fsp3) is 0.519. The molecule has 1 aromatic carbocycles. The SMILES string of the molecule is CCN(CC)CCOCCC1CCN(CC(=O)N2c3cc(Cl)ccc3C(=O)Nc3cccnc32)CC1. The van der Waals surface area contributed by atoms with Gasteiger partial charge in [-0.15, -0.1) is 0 Å². The van der Waals surface area contributed by atoms with Gasteiger partial charge in [-0.2, -0.15) is 0 Å². The molecule has 1 N–H and O–H groups in total. The first-order valence-electron chi connectivity index (χ1n) is 12.9. The topological polar surface area (TPSA) is 78.0 Å². The van der Waals surface area contributed by atoms with Gasteiger partial charge in [-0.25, -0.2) is 4.98 Å². The van der Waals surface area contributed by atoms with Crippen molar-refractivity contribution in [2.75, 3.05) is 62.7 Å². The van der Waals surface area contributed by atoms with Gasteiger partial charge in [0.2, 0.25) is 5.91 Å². The van der Waals surface area contributed by atoms with Crippen molar-refractivity contribution in [3.8, 4) is 0 Å². The fourth-order valence-electron chi connectivity index (χ4n) is 4.89. The maximum atomic E-state index is 13.6. The molecule has 0 radical (unpaired) electrons. The van der Waals surface area contributed by atoms with Crippen molar-refractivity contribution >= 4 is 40.6 Å². The van der Waals surface area contributed by atoms with Gasteiger partial charge in [-0.1, -0.05) is 25.4 Å². The molecule has 0 atom stereocenters. The summed E-state index contributed by atoms with van der Waals surface area (Å²) >= 11 is 6.26. The van der Waals surface area contributed by atoms with Crippen LogP contribution in [0.25, 0.3) is 0 Å². The number of pyridine rings is 1. The number of carbonyl (C=O) groups is 2. The lowest BCUT2D eigenvalue weighted by Gasteiger charge is -2.33. The van der Waals surface area contributed by atoms with E-state index in [9.17, 15) is 9.59 Å². The van der Waals surface area contributed by atoms with Crippen molar-refractivity contribution in [2.45, 2.75) is 33.1 Å². The molecule has 194 valence electrons. The summed E-state index contributed by atoms with van der Waals surface area (Å²) in [5.41, 5.74) is 1.35. The van der Waals surface area contributed by atoms with Gasteiger partial charge < -0.3 is 15.0 Å². The molecule has 36 heavy (non-hydrogen) atoms. The molecule has 3 heterocycles. The van der Waals surface area contributed by atoms with E-state index in [-0.39, 0.29) is 18.4 Å². The minimum Gasteiger partial charge on any atom is -0.380 e. The number of hydrogen-bond acceptors (Lipinski definition) is 6. The zero-order valence-corrected chi connectivity index (χ0v) is 22.0. The van der Waals surface area contributed by atoms with Gasteiger partial charge >= 0.3 is 0 Å². The van der Waals surface area contributed by atoms with Crippen molar-refractivity contribution in [1.29, 1.82) is 0 Å². The maximum Gasteiger partial charge on any atom is 0.257 e. The zero-order chi connectivity index (χ0) is 25.5. The summed E-state index contributed by atoms with van der Waals surface area (Å²) in [7, 11) is 0. The number of anilines is 3. The fourth-order valence-corrected chi connectivity index (χ4v) is 5.06. The molecule has 2 aromatic rings. The number of nitrogens with one attached hydrogen (secondary N) is 1. The van der Waals surface area contributed by atoms with E-state index in [0.29, 0.717) is 33.7 Å². The van der Waals surface area contributed by atoms with Gasteiger partial charge in [0.05, 0.1) is 30.1 Å². The molecule has 0 bridgehead atoms. The Morgan fingerprint density at radius 2 is 1.97 bits per heavy atom. The Morgan fingerprint density at radius 1 is 1.19 bits per heavy atom. The smallest absolute Gasteiger partial charge is 0.257 e. The van der Waals surface area contributed by atoms with E-state index < -0.39 is 0 Å². The molecule has 0 saturated carbocycles. The number of halogens is 1. The number of hydrogen-bond donors (Lipinski definition) is 1. The summed E-state index contributed by atoms with van der Waals surface area (Å²) in [6.45, 7) is 11.0. The minimum atomic E-state index is -0.286. The average molecular weight is 514 g/mol. The molecule has 0 aliphatic carbocycles. The minimum absolute atomic E-state index is 0.131. The first-order chi connectivity index (χ1) is 17.5. The molecular formula is C27H36ClN5O3. The Balaban J connectivity index is 1.34. The van der Waals surface area contributed by atoms with Crippen molar-refractivity contribution in [3.05, 3.63) is 47.1 Å². The van der Waals surface area contributed by atoms with E-state index in [1.54, 1.807) is 36.5 Å². The summed E-state index contributed by atoms with van der Waals surface area (Å²) in [4.78, 5) is 37.0. The second kappa shape index (κ2) is 12.6. The molecule has 8 nitrogen and oxygen atoms in total. The number of fused-ring (bicyclic) bond motifs is 2. The number of nitrogens with zero attached hydrogens (tertiary/aromatic N) is 4. The zero-order valence-electron chi connectivity index (χ0n) is 21.2. The average Bonchev–Trinajstić information content (AvgIpc) is 3.00. The number of likely N-dealkylation sites (N-methyl/N-ethyl adjacent to an activating group) is 1. The highest BCUT2D eigenvalue weighted by Gasteiger charge is 2.32. The van der Waals surface area contributed by atoms with Crippen molar-refractivity contribution < 1.29 is 14.3 Å². The Labute approximate surface area is 218 Å². The number of carbonyl (C=O) groups excluding carboxylic acids is 2. The second-order valence-corrected chi connectivity index (χ2v) is 9.80. The molecule has 0 unspecified atom stereocenters.